The average molecular weight is 273 g/mol. The van der Waals surface area contributed by atoms with Gasteiger partial charge in [0.1, 0.15) is 5.75 Å². The number of ether oxygens (including phenoxy) is 1. The summed E-state index contributed by atoms with van der Waals surface area (Å²) in [6, 6.07) is 8.95. The number of fused-ring (bicyclic) bond motifs is 1. The number of rotatable bonds is 3. The summed E-state index contributed by atoms with van der Waals surface area (Å²) in [6.45, 7) is 6.70. The van der Waals surface area contributed by atoms with Crippen LogP contribution >= 0.6 is 0 Å². The molecule has 1 aliphatic carbocycles. The van der Waals surface area contributed by atoms with Crippen molar-refractivity contribution in [2.75, 3.05) is 13.2 Å². The highest BCUT2D eigenvalue weighted by atomic mass is 16.5. The summed E-state index contributed by atoms with van der Waals surface area (Å²) in [6.07, 6.45) is 5.64. The Hall–Kier alpha value is -1.02. The normalized spacial score (nSPS) is 33.3. The Morgan fingerprint density at radius 1 is 1.10 bits per heavy atom. The average Bonchev–Trinajstić information content (AvgIpc) is 2.48. The second kappa shape index (κ2) is 6.17. The second-order valence-electron chi connectivity index (χ2n) is 6.73. The van der Waals surface area contributed by atoms with Crippen LogP contribution in [0.2, 0.25) is 0 Å². The van der Waals surface area contributed by atoms with Crippen LogP contribution in [-0.2, 0) is 0 Å². The van der Waals surface area contributed by atoms with E-state index in [9.17, 15) is 0 Å². The molecule has 1 heterocycles. The largest absolute Gasteiger partial charge is 0.493 e. The predicted octanol–water partition coefficient (Wildman–Crippen LogP) is 4.17. The van der Waals surface area contributed by atoms with Gasteiger partial charge in [-0.15, -0.1) is 0 Å². The van der Waals surface area contributed by atoms with Gasteiger partial charge in [-0.1, -0.05) is 51.3 Å². The quantitative estimate of drug-likeness (QED) is 0.892. The molecule has 1 aliphatic heterocycles. The zero-order valence-electron chi connectivity index (χ0n) is 12.8. The van der Waals surface area contributed by atoms with Crippen LogP contribution in [0.15, 0.2) is 24.3 Å². The Kier molecular flexibility index (Phi) is 4.30. The third-order valence-corrected chi connectivity index (χ3v) is 5.21. The molecular formula is C18H27NO. The molecule has 20 heavy (non-hydrogen) atoms. The summed E-state index contributed by atoms with van der Waals surface area (Å²) in [5.41, 5.74) is 1.34. The van der Waals surface area contributed by atoms with Crippen molar-refractivity contribution >= 4 is 0 Å². The van der Waals surface area contributed by atoms with E-state index in [1.54, 1.807) is 0 Å². The summed E-state index contributed by atoms with van der Waals surface area (Å²) in [5.74, 6) is 3.34. The van der Waals surface area contributed by atoms with E-state index in [0.29, 0.717) is 12.0 Å². The van der Waals surface area contributed by atoms with Crippen molar-refractivity contribution in [3.63, 3.8) is 0 Å². The zero-order valence-corrected chi connectivity index (χ0v) is 12.8. The van der Waals surface area contributed by atoms with Crippen molar-refractivity contribution in [1.29, 1.82) is 0 Å². The minimum absolute atomic E-state index is 0.453. The topological polar surface area (TPSA) is 21.3 Å². The van der Waals surface area contributed by atoms with Crippen molar-refractivity contribution in [2.45, 2.75) is 45.6 Å². The van der Waals surface area contributed by atoms with Gasteiger partial charge in [-0.25, -0.2) is 0 Å². The maximum Gasteiger partial charge on any atom is 0.124 e. The third-order valence-electron chi connectivity index (χ3n) is 5.21. The standard InChI is InChI=1S/C18H27NO/c1-13-7-3-4-8-15(13)11-19-18-14(2)12-20-17-10-6-5-9-16(17)18/h5-6,9-10,13-15,18-19H,3-4,7-8,11-12H2,1-2H3. The molecule has 2 heteroatoms. The fraction of sp³-hybridized carbons (Fsp3) is 0.667. The van der Waals surface area contributed by atoms with Gasteiger partial charge in [-0.2, -0.15) is 0 Å². The molecule has 0 aromatic heterocycles. The third kappa shape index (κ3) is 2.85. The Morgan fingerprint density at radius 2 is 1.90 bits per heavy atom. The number of nitrogens with one attached hydrogen (secondary N) is 1. The fourth-order valence-corrected chi connectivity index (χ4v) is 3.78. The van der Waals surface area contributed by atoms with Gasteiger partial charge in [0.05, 0.1) is 6.61 Å². The summed E-state index contributed by atoms with van der Waals surface area (Å²) in [5, 5.41) is 3.85. The smallest absolute Gasteiger partial charge is 0.124 e. The van der Waals surface area contributed by atoms with E-state index in [1.807, 2.05) is 0 Å². The lowest BCUT2D eigenvalue weighted by atomic mass is 9.80. The van der Waals surface area contributed by atoms with Gasteiger partial charge in [-0.05, 0) is 30.9 Å². The van der Waals surface area contributed by atoms with E-state index in [1.165, 1.54) is 31.2 Å². The highest BCUT2D eigenvalue weighted by molar-refractivity contribution is 5.37. The number of para-hydroxylation sites is 1. The van der Waals surface area contributed by atoms with Gasteiger partial charge in [-0.3, -0.25) is 0 Å². The van der Waals surface area contributed by atoms with Crippen molar-refractivity contribution in [3.05, 3.63) is 29.8 Å². The fourth-order valence-electron chi connectivity index (χ4n) is 3.78. The minimum Gasteiger partial charge on any atom is -0.493 e. The number of hydrogen-bond acceptors (Lipinski definition) is 2. The van der Waals surface area contributed by atoms with Crippen LogP contribution in [0.25, 0.3) is 0 Å². The Balaban J connectivity index is 1.67. The minimum atomic E-state index is 0.453. The first-order valence-electron chi connectivity index (χ1n) is 8.21. The van der Waals surface area contributed by atoms with E-state index in [0.717, 1.165) is 30.7 Å². The molecule has 4 unspecified atom stereocenters. The predicted molar refractivity (Wildman–Crippen MR) is 83.0 cm³/mol. The molecule has 2 nitrogen and oxygen atoms in total. The Labute approximate surface area is 122 Å². The van der Waals surface area contributed by atoms with Crippen LogP contribution in [0.1, 0.15) is 51.1 Å². The van der Waals surface area contributed by atoms with Crippen molar-refractivity contribution in [1.82, 2.24) is 5.32 Å². The molecule has 110 valence electrons. The van der Waals surface area contributed by atoms with Gasteiger partial charge in [0.25, 0.3) is 0 Å². The molecule has 0 bridgehead atoms. The first kappa shape index (κ1) is 13.9. The SMILES string of the molecule is CC1CCCCC1CNC1c2ccccc2OCC1C. The van der Waals surface area contributed by atoms with Crippen molar-refractivity contribution in [2.24, 2.45) is 17.8 Å². The first-order valence-corrected chi connectivity index (χ1v) is 8.21. The maximum absolute atomic E-state index is 5.84. The van der Waals surface area contributed by atoms with Gasteiger partial charge in [0.2, 0.25) is 0 Å². The molecule has 1 aromatic rings. The zero-order chi connectivity index (χ0) is 13.9. The second-order valence-corrected chi connectivity index (χ2v) is 6.73. The molecule has 1 saturated carbocycles. The molecule has 1 N–H and O–H groups in total. The van der Waals surface area contributed by atoms with E-state index >= 15 is 0 Å². The molecule has 1 aromatic carbocycles. The summed E-state index contributed by atoms with van der Waals surface area (Å²) < 4.78 is 5.84. The molecule has 0 saturated heterocycles. The van der Waals surface area contributed by atoms with Crippen LogP contribution in [-0.4, -0.2) is 13.2 Å². The van der Waals surface area contributed by atoms with Crippen LogP contribution < -0.4 is 10.1 Å². The van der Waals surface area contributed by atoms with Gasteiger partial charge >= 0.3 is 0 Å². The molecule has 4 atom stereocenters. The highest BCUT2D eigenvalue weighted by Crippen LogP contribution is 2.36. The lowest BCUT2D eigenvalue weighted by Gasteiger charge is -2.35. The molecule has 0 amide bonds. The Morgan fingerprint density at radius 3 is 2.75 bits per heavy atom. The summed E-state index contributed by atoms with van der Waals surface area (Å²) in [7, 11) is 0. The first-order chi connectivity index (χ1) is 9.75. The van der Waals surface area contributed by atoms with E-state index in [4.69, 9.17) is 4.74 Å². The monoisotopic (exact) mass is 273 g/mol. The Bertz CT molecular complexity index is 445. The van der Waals surface area contributed by atoms with Crippen LogP contribution in [0, 0.1) is 17.8 Å². The molecular weight excluding hydrogens is 246 g/mol. The lowest BCUT2D eigenvalue weighted by Crippen LogP contribution is -2.38. The van der Waals surface area contributed by atoms with Gasteiger partial charge in [0, 0.05) is 17.5 Å². The van der Waals surface area contributed by atoms with Crippen molar-refractivity contribution in [3.8, 4) is 5.75 Å². The van der Waals surface area contributed by atoms with Crippen LogP contribution in [0.5, 0.6) is 5.75 Å². The summed E-state index contributed by atoms with van der Waals surface area (Å²) in [4.78, 5) is 0. The number of hydrogen-bond donors (Lipinski definition) is 1. The molecule has 1 fully saturated rings. The molecule has 0 spiro atoms. The van der Waals surface area contributed by atoms with E-state index < -0.39 is 0 Å². The molecule has 2 aliphatic rings. The van der Waals surface area contributed by atoms with Crippen LogP contribution in [0.3, 0.4) is 0 Å². The lowest BCUT2D eigenvalue weighted by molar-refractivity contribution is 0.172. The molecule has 3 rings (SSSR count). The van der Waals surface area contributed by atoms with E-state index in [2.05, 4.69) is 43.4 Å². The van der Waals surface area contributed by atoms with E-state index in [-0.39, 0.29) is 0 Å². The van der Waals surface area contributed by atoms with Gasteiger partial charge in [0.15, 0.2) is 0 Å². The van der Waals surface area contributed by atoms with Gasteiger partial charge < -0.3 is 10.1 Å². The van der Waals surface area contributed by atoms with Crippen molar-refractivity contribution < 1.29 is 4.74 Å². The maximum atomic E-state index is 5.84. The number of benzene rings is 1. The molecule has 0 radical (unpaired) electrons. The highest BCUT2D eigenvalue weighted by Gasteiger charge is 2.29. The summed E-state index contributed by atoms with van der Waals surface area (Å²) >= 11 is 0. The van der Waals surface area contributed by atoms with Crippen LogP contribution in [0.4, 0.5) is 0 Å².